The van der Waals surface area contributed by atoms with Crippen molar-refractivity contribution in [3.8, 4) is 5.75 Å². The van der Waals surface area contributed by atoms with Gasteiger partial charge >= 0.3 is 0 Å². The summed E-state index contributed by atoms with van der Waals surface area (Å²) >= 11 is 0. The van der Waals surface area contributed by atoms with Gasteiger partial charge in [-0.15, -0.1) is 0 Å². The molecular weight excluding hydrogens is 238 g/mol. The summed E-state index contributed by atoms with van der Waals surface area (Å²) in [5.41, 5.74) is 2.57. The van der Waals surface area contributed by atoms with E-state index in [1.54, 1.807) is 6.92 Å². The van der Waals surface area contributed by atoms with E-state index in [-0.39, 0.29) is 6.10 Å². The lowest BCUT2D eigenvalue weighted by molar-refractivity contribution is 0.190. The molecule has 2 N–H and O–H groups in total. The van der Waals surface area contributed by atoms with Crippen LogP contribution in [-0.2, 0) is 0 Å². The summed E-state index contributed by atoms with van der Waals surface area (Å²) in [6.45, 7) is 10.5. The molecule has 0 aromatic heterocycles. The summed E-state index contributed by atoms with van der Waals surface area (Å²) in [7, 11) is 0. The van der Waals surface area contributed by atoms with E-state index in [9.17, 15) is 0 Å². The molecule has 1 aromatic carbocycles. The zero-order chi connectivity index (χ0) is 14.3. The lowest BCUT2D eigenvalue weighted by Gasteiger charge is -2.12. The van der Waals surface area contributed by atoms with Crippen molar-refractivity contribution < 1.29 is 9.84 Å². The van der Waals surface area contributed by atoms with Crippen LogP contribution in [0.5, 0.6) is 5.75 Å². The largest absolute Gasteiger partial charge is 0.494 e. The topological polar surface area (TPSA) is 41.5 Å². The summed E-state index contributed by atoms with van der Waals surface area (Å²) in [6.07, 6.45) is 0.656. The molecule has 0 saturated carbocycles. The first-order chi connectivity index (χ1) is 8.99. The van der Waals surface area contributed by atoms with Gasteiger partial charge in [0.1, 0.15) is 5.75 Å². The second-order valence-electron chi connectivity index (χ2n) is 5.49. The Balaban J connectivity index is 2.33. The second-order valence-corrected chi connectivity index (χ2v) is 5.49. The summed E-state index contributed by atoms with van der Waals surface area (Å²) in [4.78, 5) is 0. The molecule has 19 heavy (non-hydrogen) atoms. The first kappa shape index (κ1) is 16.0. The highest BCUT2D eigenvalue weighted by Crippen LogP contribution is 2.22. The summed E-state index contributed by atoms with van der Waals surface area (Å²) in [5, 5.41) is 12.3. The van der Waals surface area contributed by atoms with Gasteiger partial charge in [-0.1, -0.05) is 19.9 Å². The molecule has 0 amide bonds. The number of hydrogen-bond donors (Lipinski definition) is 2. The second kappa shape index (κ2) is 8.18. The third kappa shape index (κ3) is 6.60. The molecule has 0 radical (unpaired) electrons. The van der Waals surface area contributed by atoms with Crippen LogP contribution in [0.15, 0.2) is 18.2 Å². The number of rotatable bonds is 8. The molecule has 0 bridgehead atoms. The Morgan fingerprint density at radius 2 is 1.95 bits per heavy atom. The Labute approximate surface area is 117 Å². The van der Waals surface area contributed by atoms with Crippen molar-refractivity contribution in [1.82, 2.24) is 5.32 Å². The first-order valence-corrected chi connectivity index (χ1v) is 7.12. The van der Waals surface area contributed by atoms with Crippen LogP contribution in [0.25, 0.3) is 0 Å². The van der Waals surface area contributed by atoms with Crippen molar-refractivity contribution in [2.45, 2.75) is 46.1 Å². The van der Waals surface area contributed by atoms with Crippen LogP contribution in [0.3, 0.4) is 0 Å². The minimum atomic E-state index is -0.286. The van der Waals surface area contributed by atoms with E-state index in [4.69, 9.17) is 9.84 Å². The Hall–Kier alpha value is -1.06. The monoisotopic (exact) mass is 265 g/mol. The minimum absolute atomic E-state index is 0.286. The van der Waals surface area contributed by atoms with Gasteiger partial charge in [0.2, 0.25) is 0 Å². The van der Waals surface area contributed by atoms with Crippen molar-refractivity contribution in [1.29, 1.82) is 0 Å². The van der Waals surface area contributed by atoms with Gasteiger partial charge in [-0.05, 0) is 56.0 Å². The van der Waals surface area contributed by atoms with Crippen LogP contribution < -0.4 is 10.1 Å². The van der Waals surface area contributed by atoms with E-state index in [0.29, 0.717) is 19.1 Å². The molecule has 3 nitrogen and oxygen atoms in total. The van der Waals surface area contributed by atoms with Gasteiger partial charge in [0.25, 0.3) is 0 Å². The van der Waals surface area contributed by atoms with E-state index >= 15 is 0 Å². The van der Waals surface area contributed by atoms with E-state index in [2.05, 4.69) is 44.3 Å². The number of aryl methyl sites for hydroxylation is 1. The van der Waals surface area contributed by atoms with Gasteiger partial charge in [0.15, 0.2) is 0 Å². The van der Waals surface area contributed by atoms with E-state index in [1.165, 1.54) is 11.1 Å². The Morgan fingerprint density at radius 3 is 2.58 bits per heavy atom. The maximum absolute atomic E-state index is 9.11. The van der Waals surface area contributed by atoms with Crippen molar-refractivity contribution in [2.24, 2.45) is 0 Å². The fraction of sp³-hybridized carbons (Fsp3) is 0.625. The van der Waals surface area contributed by atoms with E-state index in [1.807, 2.05) is 0 Å². The number of aliphatic hydroxyl groups is 1. The van der Waals surface area contributed by atoms with Gasteiger partial charge in [0, 0.05) is 6.54 Å². The first-order valence-electron chi connectivity index (χ1n) is 7.12. The average Bonchev–Trinajstić information content (AvgIpc) is 2.32. The van der Waals surface area contributed by atoms with Crippen LogP contribution >= 0.6 is 0 Å². The molecule has 3 heteroatoms. The smallest absolute Gasteiger partial charge is 0.119 e. The van der Waals surface area contributed by atoms with Crippen molar-refractivity contribution in [2.75, 3.05) is 19.7 Å². The standard InChI is InChI=1S/C16H27NO2/c1-12(2)15-8-13(3)9-16(10-15)19-7-5-6-17-11-14(4)18/h8-10,12,14,17-18H,5-7,11H2,1-4H3/t14-/m1/s1. The molecule has 0 aliphatic carbocycles. The van der Waals surface area contributed by atoms with Crippen LogP contribution in [0.2, 0.25) is 0 Å². The summed E-state index contributed by atoms with van der Waals surface area (Å²) in [6, 6.07) is 6.41. The zero-order valence-corrected chi connectivity index (χ0v) is 12.6. The van der Waals surface area contributed by atoms with Crippen LogP contribution in [0.1, 0.15) is 44.2 Å². The predicted octanol–water partition coefficient (Wildman–Crippen LogP) is 2.86. The number of aliphatic hydroxyl groups excluding tert-OH is 1. The van der Waals surface area contributed by atoms with E-state index < -0.39 is 0 Å². The number of hydrogen-bond acceptors (Lipinski definition) is 3. The van der Waals surface area contributed by atoms with Crippen LogP contribution in [0.4, 0.5) is 0 Å². The molecule has 1 atom stereocenters. The number of ether oxygens (including phenoxy) is 1. The minimum Gasteiger partial charge on any atom is -0.494 e. The zero-order valence-electron chi connectivity index (χ0n) is 12.6. The molecule has 108 valence electrons. The van der Waals surface area contributed by atoms with E-state index in [0.717, 1.165) is 18.7 Å². The fourth-order valence-electron chi connectivity index (χ4n) is 1.89. The third-order valence-corrected chi connectivity index (χ3v) is 2.95. The number of nitrogens with one attached hydrogen (secondary N) is 1. The lowest BCUT2D eigenvalue weighted by atomic mass is 10.0. The van der Waals surface area contributed by atoms with Crippen LogP contribution in [0, 0.1) is 6.92 Å². The summed E-state index contributed by atoms with van der Waals surface area (Å²) < 4.78 is 5.78. The molecule has 1 rings (SSSR count). The Morgan fingerprint density at radius 1 is 1.21 bits per heavy atom. The van der Waals surface area contributed by atoms with Gasteiger partial charge in [-0.3, -0.25) is 0 Å². The van der Waals surface area contributed by atoms with Gasteiger partial charge in [-0.2, -0.15) is 0 Å². The highest BCUT2D eigenvalue weighted by Gasteiger charge is 2.03. The highest BCUT2D eigenvalue weighted by atomic mass is 16.5. The van der Waals surface area contributed by atoms with Gasteiger partial charge in [0.05, 0.1) is 12.7 Å². The SMILES string of the molecule is Cc1cc(OCCCNC[C@@H](C)O)cc(C(C)C)c1. The fourth-order valence-corrected chi connectivity index (χ4v) is 1.89. The molecular formula is C16H27NO2. The van der Waals surface area contributed by atoms with Crippen molar-refractivity contribution in [3.63, 3.8) is 0 Å². The summed E-state index contributed by atoms with van der Waals surface area (Å²) in [5.74, 6) is 1.48. The highest BCUT2D eigenvalue weighted by molar-refractivity contribution is 5.35. The maximum Gasteiger partial charge on any atom is 0.119 e. The number of benzene rings is 1. The molecule has 0 heterocycles. The van der Waals surface area contributed by atoms with Crippen molar-refractivity contribution in [3.05, 3.63) is 29.3 Å². The van der Waals surface area contributed by atoms with Crippen LogP contribution in [-0.4, -0.2) is 30.9 Å². The molecule has 1 aromatic rings. The Kier molecular flexibility index (Phi) is 6.89. The molecule has 0 aliphatic rings. The third-order valence-electron chi connectivity index (χ3n) is 2.95. The molecule has 0 saturated heterocycles. The normalized spacial score (nSPS) is 12.7. The predicted molar refractivity (Wildman–Crippen MR) is 79.9 cm³/mol. The van der Waals surface area contributed by atoms with Crippen molar-refractivity contribution >= 4 is 0 Å². The lowest BCUT2D eigenvalue weighted by Crippen LogP contribution is -2.26. The molecule has 0 aliphatic heterocycles. The average molecular weight is 265 g/mol. The maximum atomic E-state index is 9.11. The van der Waals surface area contributed by atoms with Gasteiger partial charge in [-0.25, -0.2) is 0 Å². The molecule has 0 unspecified atom stereocenters. The molecule has 0 spiro atoms. The quantitative estimate of drug-likeness (QED) is 0.710. The van der Waals surface area contributed by atoms with Gasteiger partial charge < -0.3 is 15.2 Å². The Bertz CT molecular complexity index is 375. The molecule has 0 fully saturated rings.